The molecular weight excluding hydrogens is 396 g/mol. The highest BCUT2D eigenvalue weighted by Crippen LogP contribution is 2.46. The molecule has 2 aromatic rings. The van der Waals surface area contributed by atoms with Gasteiger partial charge in [-0.3, -0.25) is 5.41 Å². The first-order valence-corrected chi connectivity index (χ1v) is 9.23. The molecule has 1 heterocycles. The summed E-state index contributed by atoms with van der Waals surface area (Å²) in [5.74, 6) is 2.23. The highest BCUT2D eigenvalue weighted by Gasteiger charge is 2.29. The number of nitrogens with one attached hydrogen (secondary N) is 1. The van der Waals surface area contributed by atoms with Gasteiger partial charge in [0.15, 0.2) is 0 Å². The van der Waals surface area contributed by atoms with Crippen LogP contribution in [0.15, 0.2) is 40.9 Å². The number of nitrogens with two attached hydrogens (primary N) is 1. The summed E-state index contributed by atoms with van der Waals surface area (Å²) in [6.45, 7) is 7.27. The SMILES string of the molecule is CC(C)(C)COc1ccc2c(c1)C(COC(=N)N)c1cc(Br)ccc1O2. The molecule has 138 valence electrons. The summed E-state index contributed by atoms with van der Waals surface area (Å²) in [5, 5.41) is 7.39. The van der Waals surface area contributed by atoms with E-state index < -0.39 is 0 Å². The summed E-state index contributed by atoms with van der Waals surface area (Å²) in [6.07, 6.45) is 0. The van der Waals surface area contributed by atoms with E-state index in [1.54, 1.807) is 0 Å². The fourth-order valence-corrected chi connectivity index (χ4v) is 3.18. The number of hydrogen-bond acceptors (Lipinski definition) is 4. The third-order valence-electron chi connectivity index (χ3n) is 4.00. The third kappa shape index (κ3) is 4.30. The van der Waals surface area contributed by atoms with Gasteiger partial charge in [0.1, 0.15) is 23.9 Å². The summed E-state index contributed by atoms with van der Waals surface area (Å²) in [5.41, 5.74) is 7.42. The Bertz CT molecular complexity index is 830. The zero-order valence-electron chi connectivity index (χ0n) is 15.1. The quantitative estimate of drug-likeness (QED) is 0.539. The molecule has 0 fully saturated rings. The van der Waals surface area contributed by atoms with Gasteiger partial charge in [-0.2, -0.15) is 0 Å². The van der Waals surface area contributed by atoms with E-state index in [1.807, 2.05) is 36.4 Å². The zero-order chi connectivity index (χ0) is 18.9. The molecule has 5 nitrogen and oxygen atoms in total. The Balaban J connectivity index is 1.96. The van der Waals surface area contributed by atoms with Crippen LogP contribution in [-0.4, -0.2) is 19.2 Å². The van der Waals surface area contributed by atoms with Gasteiger partial charge in [0.2, 0.25) is 0 Å². The Morgan fingerprint density at radius 2 is 1.81 bits per heavy atom. The minimum atomic E-state index is -0.297. The number of fused-ring (bicyclic) bond motifs is 2. The molecule has 1 atom stereocenters. The Labute approximate surface area is 162 Å². The molecule has 6 heteroatoms. The van der Waals surface area contributed by atoms with E-state index in [9.17, 15) is 0 Å². The van der Waals surface area contributed by atoms with Crippen molar-refractivity contribution in [2.24, 2.45) is 11.1 Å². The van der Waals surface area contributed by atoms with Crippen LogP contribution in [0.3, 0.4) is 0 Å². The highest BCUT2D eigenvalue weighted by atomic mass is 79.9. The third-order valence-corrected chi connectivity index (χ3v) is 4.49. The molecule has 0 bridgehead atoms. The lowest BCUT2D eigenvalue weighted by Gasteiger charge is -2.29. The first-order valence-electron chi connectivity index (χ1n) is 8.44. The Kier molecular flexibility index (Phi) is 5.14. The highest BCUT2D eigenvalue weighted by molar-refractivity contribution is 9.10. The lowest BCUT2D eigenvalue weighted by molar-refractivity contribution is 0.197. The van der Waals surface area contributed by atoms with Crippen molar-refractivity contribution in [1.29, 1.82) is 5.41 Å². The summed E-state index contributed by atoms with van der Waals surface area (Å²) in [6, 6.07) is 11.4. The minimum Gasteiger partial charge on any atom is -0.493 e. The van der Waals surface area contributed by atoms with Crippen LogP contribution in [0, 0.1) is 10.8 Å². The summed E-state index contributed by atoms with van der Waals surface area (Å²) in [4.78, 5) is 0. The smallest absolute Gasteiger partial charge is 0.279 e. The second-order valence-corrected chi connectivity index (χ2v) is 8.48. The van der Waals surface area contributed by atoms with Crippen molar-refractivity contribution in [3.05, 3.63) is 52.0 Å². The van der Waals surface area contributed by atoms with E-state index in [0.29, 0.717) is 6.61 Å². The van der Waals surface area contributed by atoms with Gasteiger partial charge in [-0.25, -0.2) is 0 Å². The lowest BCUT2D eigenvalue weighted by Crippen LogP contribution is -2.22. The second-order valence-electron chi connectivity index (χ2n) is 7.56. The van der Waals surface area contributed by atoms with Crippen molar-refractivity contribution in [3.63, 3.8) is 0 Å². The van der Waals surface area contributed by atoms with Crippen molar-refractivity contribution in [3.8, 4) is 17.2 Å². The van der Waals surface area contributed by atoms with Gasteiger partial charge in [0.25, 0.3) is 6.02 Å². The van der Waals surface area contributed by atoms with E-state index >= 15 is 0 Å². The second kappa shape index (κ2) is 7.19. The zero-order valence-corrected chi connectivity index (χ0v) is 16.7. The van der Waals surface area contributed by atoms with Crippen molar-refractivity contribution in [2.45, 2.75) is 26.7 Å². The van der Waals surface area contributed by atoms with Crippen LogP contribution in [-0.2, 0) is 4.74 Å². The molecule has 1 unspecified atom stereocenters. The molecule has 0 saturated heterocycles. The number of halogens is 1. The van der Waals surface area contributed by atoms with Gasteiger partial charge in [-0.15, -0.1) is 0 Å². The maximum Gasteiger partial charge on any atom is 0.279 e. The van der Waals surface area contributed by atoms with E-state index in [4.69, 9.17) is 25.4 Å². The first kappa shape index (κ1) is 18.6. The Morgan fingerprint density at radius 3 is 2.46 bits per heavy atom. The van der Waals surface area contributed by atoms with E-state index in [2.05, 4.69) is 36.7 Å². The molecule has 1 aliphatic rings. The van der Waals surface area contributed by atoms with Crippen LogP contribution in [0.25, 0.3) is 0 Å². The monoisotopic (exact) mass is 418 g/mol. The van der Waals surface area contributed by atoms with Crippen LogP contribution in [0.2, 0.25) is 0 Å². The fourth-order valence-electron chi connectivity index (χ4n) is 2.80. The average Bonchev–Trinajstić information content (AvgIpc) is 2.56. The molecule has 0 aromatic heterocycles. The van der Waals surface area contributed by atoms with Gasteiger partial charge >= 0.3 is 0 Å². The van der Waals surface area contributed by atoms with Gasteiger partial charge in [0.05, 0.1) is 12.5 Å². The molecule has 0 amide bonds. The van der Waals surface area contributed by atoms with Crippen LogP contribution in [0.4, 0.5) is 0 Å². The van der Waals surface area contributed by atoms with Crippen LogP contribution >= 0.6 is 15.9 Å². The number of ether oxygens (including phenoxy) is 3. The lowest BCUT2D eigenvalue weighted by atomic mass is 9.88. The largest absolute Gasteiger partial charge is 0.493 e. The molecule has 0 radical (unpaired) electrons. The summed E-state index contributed by atoms with van der Waals surface area (Å²) in [7, 11) is 0. The first-order chi connectivity index (χ1) is 12.2. The number of hydrogen-bond donors (Lipinski definition) is 2. The Morgan fingerprint density at radius 1 is 1.15 bits per heavy atom. The molecule has 2 aromatic carbocycles. The molecule has 26 heavy (non-hydrogen) atoms. The van der Waals surface area contributed by atoms with Crippen LogP contribution in [0.1, 0.15) is 37.8 Å². The minimum absolute atomic E-state index is 0.0704. The van der Waals surface area contributed by atoms with E-state index in [0.717, 1.165) is 32.8 Å². The Hall–Kier alpha value is -2.21. The van der Waals surface area contributed by atoms with E-state index in [-0.39, 0.29) is 24.0 Å². The predicted octanol–water partition coefficient (Wildman–Crippen LogP) is 5.02. The van der Waals surface area contributed by atoms with Crippen molar-refractivity contribution in [2.75, 3.05) is 13.2 Å². The van der Waals surface area contributed by atoms with Gasteiger partial charge in [-0.1, -0.05) is 36.7 Å². The fraction of sp³-hybridized carbons (Fsp3) is 0.350. The van der Waals surface area contributed by atoms with Crippen LogP contribution in [0.5, 0.6) is 17.2 Å². The molecule has 3 rings (SSSR count). The topological polar surface area (TPSA) is 77.6 Å². The molecule has 0 saturated carbocycles. The molecule has 3 N–H and O–H groups in total. The predicted molar refractivity (Wildman–Crippen MR) is 105 cm³/mol. The molecule has 0 spiro atoms. The molecular formula is C20H23BrN2O3. The van der Waals surface area contributed by atoms with Crippen molar-refractivity contribution < 1.29 is 14.2 Å². The van der Waals surface area contributed by atoms with E-state index in [1.165, 1.54) is 0 Å². The van der Waals surface area contributed by atoms with Crippen molar-refractivity contribution >= 4 is 22.0 Å². The van der Waals surface area contributed by atoms with Gasteiger partial charge < -0.3 is 19.9 Å². The average molecular weight is 419 g/mol. The normalized spacial score (nSPS) is 15.5. The summed E-state index contributed by atoms with van der Waals surface area (Å²) >= 11 is 3.51. The summed E-state index contributed by atoms with van der Waals surface area (Å²) < 4.78 is 18.3. The number of rotatable bonds is 4. The standard InChI is InChI=1S/C20H23BrN2O3/c1-20(2,3)11-25-13-5-7-18-15(9-13)16(10-24-19(22)23)14-8-12(21)4-6-17(14)26-18/h4-9,16H,10-11H2,1-3H3,(H3,22,23). The molecule has 0 aliphatic carbocycles. The molecule has 1 aliphatic heterocycles. The van der Waals surface area contributed by atoms with Gasteiger partial charge in [0, 0.05) is 15.6 Å². The van der Waals surface area contributed by atoms with Crippen molar-refractivity contribution in [1.82, 2.24) is 0 Å². The van der Waals surface area contributed by atoms with Crippen LogP contribution < -0.4 is 15.2 Å². The maximum atomic E-state index is 7.39. The number of benzene rings is 2. The van der Waals surface area contributed by atoms with Gasteiger partial charge in [-0.05, 0) is 41.8 Å². The number of amidine groups is 1. The maximum absolute atomic E-state index is 7.39.